The van der Waals surface area contributed by atoms with E-state index in [0.29, 0.717) is 27.6 Å². The molecule has 1 heterocycles. The van der Waals surface area contributed by atoms with Gasteiger partial charge in [0.25, 0.3) is 11.8 Å². The van der Waals surface area contributed by atoms with Crippen LogP contribution in [0.15, 0.2) is 59.1 Å². The van der Waals surface area contributed by atoms with Crippen molar-refractivity contribution in [1.29, 1.82) is 0 Å². The number of rotatable bonds is 5. The first-order valence-electron chi connectivity index (χ1n) is 8.52. The number of urea groups is 1. The van der Waals surface area contributed by atoms with Crippen molar-refractivity contribution < 1.29 is 19.1 Å². The number of amides is 4. The molecule has 1 fully saturated rings. The molecule has 0 saturated carbocycles. The number of hydrogen-bond donors (Lipinski definition) is 1. The van der Waals surface area contributed by atoms with Crippen LogP contribution in [0.1, 0.15) is 11.1 Å². The Morgan fingerprint density at radius 2 is 1.97 bits per heavy atom. The number of anilines is 1. The van der Waals surface area contributed by atoms with Crippen molar-refractivity contribution >= 4 is 57.1 Å². The Labute approximate surface area is 180 Å². The van der Waals surface area contributed by atoms with E-state index in [1.54, 1.807) is 49.4 Å². The Bertz CT molecular complexity index is 1060. The summed E-state index contributed by atoms with van der Waals surface area (Å²) in [5.41, 5.74) is 1.29. The van der Waals surface area contributed by atoms with Crippen molar-refractivity contribution in [3.05, 3.63) is 75.2 Å². The molecule has 1 aliphatic heterocycles. The van der Waals surface area contributed by atoms with Gasteiger partial charge in [-0.3, -0.25) is 14.9 Å². The highest BCUT2D eigenvalue weighted by atomic mass is 79.9. The predicted molar refractivity (Wildman–Crippen MR) is 115 cm³/mol. The Hall–Kier alpha value is -2.90. The van der Waals surface area contributed by atoms with Gasteiger partial charge in [0.2, 0.25) is 0 Å². The fourth-order valence-electron chi connectivity index (χ4n) is 2.81. The Morgan fingerprint density at radius 1 is 1.21 bits per heavy atom. The normalized spacial score (nSPS) is 15.5. The summed E-state index contributed by atoms with van der Waals surface area (Å²) in [5, 5.41) is 2.61. The maximum atomic E-state index is 13.1. The van der Waals surface area contributed by atoms with Crippen LogP contribution in [-0.2, 0) is 9.59 Å². The van der Waals surface area contributed by atoms with E-state index in [-0.39, 0.29) is 12.2 Å². The summed E-state index contributed by atoms with van der Waals surface area (Å²) in [5.74, 6) is -1.11. The lowest BCUT2D eigenvalue weighted by molar-refractivity contribution is -0.122. The van der Waals surface area contributed by atoms with Crippen LogP contribution in [0.25, 0.3) is 6.08 Å². The number of imide groups is 2. The van der Waals surface area contributed by atoms with Crippen LogP contribution in [0.3, 0.4) is 0 Å². The zero-order chi connectivity index (χ0) is 21.1. The summed E-state index contributed by atoms with van der Waals surface area (Å²) >= 11 is 9.41. The maximum absolute atomic E-state index is 13.1. The first-order chi connectivity index (χ1) is 13.8. The molecule has 148 valence electrons. The van der Waals surface area contributed by atoms with E-state index in [4.69, 9.17) is 16.3 Å². The minimum absolute atomic E-state index is 0.211. The summed E-state index contributed by atoms with van der Waals surface area (Å²) in [7, 11) is 0. The smallest absolute Gasteiger partial charge is 0.335 e. The number of carbonyl (C=O) groups is 3. The maximum Gasteiger partial charge on any atom is 0.335 e. The molecule has 29 heavy (non-hydrogen) atoms. The second-order valence-electron chi connectivity index (χ2n) is 6.17. The van der Waals surface area contributed by atoms with Crippen LogP contribution >= 0.6 is 27.5 Å². The van der Waals surface area contributed by atoms with E-state index in [1.807, 2.05) is 0 Å². The molecule has 0 spiro atoms. The molecule has 0 unspecified atom stereocenters. The zero-order valence-electron chi connectivity index (χ0n) is 15.4. The largest absolute Gasteiger partial charge is 0.489 e. The van der Waals surface area contributed by atoms with E-state index < -0.39 is 17.8 Å². The van der Waals surface area contributed by atoms with E-state index in [9.17, 15) is 14.4 Å². The molecular formula is C21H16BrClN2O4. The van der Waals surface area contributed by atoms with Crippen LogP contribution in [0.4, 0.5) is 10.5 Å². The molecule has 1 N–H and O–H groups in total. The van der Waals surface area contributed by atoms with Gasteiger partial charge < -0.3 is 4.74 Å². The second kappa shape index (κ2) is 8.63. The van der Waals surface area contributed by atoms with E-state index in [2.05, 4.69) is 27.8 Å². The third kappa shape index (κ3) is 4.41. The monoisotopic (exact) mass is 474 g/mol. The highest BCUT2D eigenvalue weighted by Crippen LogP contribution is 2.30. The van der Waals surface area contributed by atoms with Crippen molar-refractivity contribution in [2.45, 2.75) is 6.92 Å². The number of aryl methyl sites for hydroxylation is 1. The van der Waals surface area contributed by atoms with Gasteiger partial charge in [-0.15, -0.1) is 0 Å². The van der Waals surface area contributed by atoms with Gasteiger partial charge >= 0.3 is 6.03 Å². The number of barbiturate groups is 1. The van der Waals surface area contributed by atoms with Crippen molar-refractivity contribution in [2.75, 3.05) is 11.5 Å². The van der Waals surface area contributed by atoms with Crippen molar-refractivity contribution in [3.63, 3.8) is 0 Å². The summed E-state index contributed by atoms with van der Waals surface area (Å²) in [4.78, 5) is 38.8. The summed E-state index contributed by atoms with van der Waals surface area (Å²) in [6.07, 6.45) is 2.93. The number of benzene rings is 2. The molecule has 0 atom stereocenters. The van der Waals surface area contributed by atoms with Crippen LogP contribution in [0.2, 0.25) is 5.02 Å². The van der Waals surface area contributed by atoms with Crippen molar-refractivity contribution in [1.82, 2.24) is 5.32 Å². The summed E-state index contributed by atoms with van der Waals surface area (Å²) in [6, 6.07) is 9.13. The van der Waals surface area contributed by atoms with Crippen LogP contribution in [0, 0.1) is 6.92 Å². The van der Waals surface area contributed by atoms with Crippen molar-refractivity contribution in [3.8, 4) is 5.75 Å². The Kier molecular flexibility index (Phi) is 6.20. The van der Waals surface area contributed by atoms with Crippen molar-refractivity contribution in [2.24, 2.45) is 0 Å². The molecule has 0 aromatic heterocycles. The average molecular weight is 476 g/mol. The Balaban J connectivity index is 2.06. The van der Waals surface area contributed by atoms with Gasteiger partial charge in [-0.05, 0) is 55.0 Å². The quantitative estimate of drug-likeness (QED) is 0.388. The van der Waals surface area contributed by atoms with E-state index >= 15 is 0 Å². The van der Waals surface area contributed by atoms with Gasteiger partial charge in [-0.25, -0.2) is 9.69 Å². The third-order valence-corrected chi connectivity index (χ3v) is 4.86. The highest BCUT2D eigenvalue weighted by Gasteiger charge is 2.37. The standard InChI is InChI=1S/C21H16BrClN2O4/c1-3-8-29-18-7-5-15(23)10-13(18)11-16-19(26)24-21(28)25(20(16)27)17-6-4-14(22)9-12(17)2/h3-7,9-11H,1,8H2,2H3,(H,24,26,28)/b16-11-. The lowest BCUT2D eigenvalue weighted by Crippen LogP contribution is -2.54. The zero-order valence-corrected chi connectivity index (χ0v) is 17.7. The fourth-order valence-corrected chi connectivity index (χ4v) is 3.47. The number of hydrogen-bond acceptors (Lipinski definition) is 4. The molecule has 0 radical (unpaired) electrons. The van der Waals surface area contributed by atoms with Gasteiger partial charge in [0.05, 0.1) is 5.69 Å². The lowest BCUT2D eigenvalue weighted by atomic mass is 10.0. The van der Waals surface area contributed by atoms with E-state index in [1.165, 1.54) is 6.08 Å². The van der Waals surface area contributed by atoms with Gasteiger partial charge in [0.15, 0.2) is 0 Å². The first kappa shape index (κ1) is 20.8. The molecular weight excluding hydrogens is 460 g/mol. The molecule has 3 rings (SSSR count). The molecule has 1 saturated heterocycles. The summed E-state index contributed by atoms with van der Waals surface area (Å²) < 4.78 is 6.37. The first-order valence-corrected chi connectivity index (χ1v) is 9.69. The number of ether oxygens (including phenoxy) is 1. The fraction of sp³-hybridized carbons (Fsp3) is 0.0952. The van der Waals surface area contributed by atoms with Gasteiger partial charge in [0, 0.05) is 15.1 Å². The molecule has 2 aromatic rings. The van der Waals surface area contributed by atoms with Gasteiger partial charge in [-0.1, -0.05) is 40.2 Å². The minimum Gasteiger partial charge on any atom is -0.489 e. The molecule has 0 bridgehead atoms. The second-order valence-corrected chi connectivity index (χ2v) is 7.52. The van der Waals surface area contributed by atoms with Gasteiger partial charge in [0.1, 0.15) is 17.9 Å². The SMILES string of the molecule is C=CCOc1ccc(Cl)cc1/C=C1/C(=O)NC(=O)N(c2ccc(Br)cc2C)C1=O. The topological polar surface area (TPSA) is 75.7 Å². The van der Waals surface area contributed by atoms with E-state index in [0.717, 1.165) is 9.37 Å². The molecule has 6 nitrogen and oxygen atoms in total. The molecule has 8 heteroatoms. The number of nitrogens with zero attached hydrogens (tertiary/aromatic N) is 1. The number of halogens is 2. The number of nitrogens with one attached hydrogen (secondary N) is 1. The molecule has 2 aromatic carbocycles. The molecule has 0 aliphatic carbocycles. The average Bonchev–Trinajstić information content (AvgIpc) is 2.66. The molecule has 4 amide bonds. The molecule has 1 aliphatic rings. The lowest BCUT2D eigenvalue weighted by Gasteiger charge is -2.27. The Morgan fingerprint density at radius 3 is 2.66 bits per heavy atom. The minimum atomic E-state index is -0.809. The summed E-state index contributed by atoms with van der Waals surface area (Å²) in [6.45, 7) is 5.60. The van der Waals surface area contributed by atoms with Gasteiger partial charge in [-0.2, -0.15) is 0 Å². The third-order valence-electron chi connectivity index (χ3n) is 4.13. The van der Waals surface area contributed by atoms with Crippen LogP contribution in [-0.4, -0.2) is 24.5 Å². The predicted octanol–water partition coefficient (Wildman–Crippen LogP) is 4.64. The van der Waals surface area contributed by atoms with Crippen LogP contribution in [0.5, 0.6) is 5.75 Å². The number of carbonyl (C=O) groups excluding carboxylic acids is 3. The highest BCUT2D eigenvalue weighted by molar-refractivity contribution is 9.10. The van der Waals surface area contributed by atoms with Crippen LogP contribution < -0.4 is 15.0 Å².